The molecule has 0 unspecified atom stereocenters. The number of amides is 1. The van der Waals surface area contributed by atoms with E-state index in [1.165, 1.54) is 25.3 Å². The molecule has 0 saturated heterocycles. The first-order valence-electron chi connectivity index (χ1n) is 9.71. The lowest BCUT2D eigenvalue weighted by Gasteiger charge is -2.13. The van der Waals surface area contributed by atoms with Gasteiger partial charge in [-0.25, -0.2) is 13.4 Å². The summed E-state index contributed by atoms with van der Waals surface area (Å²) in [6.07, 6.45) is 0. The van der Waals surface area contributed by atoms with Gasteiger partial charge in [0.25, 0.3) is 15.9 Å². The van der Waals surface area contributed by atoms with Crippen LogP contribution in [0.5, 0.6) is 5.75 Å². The highest BCUT2D eigenvalue weighted by Gasteiger charge is 2.22. The molecule has 0 spiro atoms. The van der Waals surface area contributed by atoms with Crippen molar-refractivity contribution in [3.63, 3.8) is 0 Å². The van der Waals surface area contributed by atoms with Crippen molar-refractivity contribution in [2.75, 3.05) is 17.1 Å². The van der Waals surface area contributed by atoms with E-state index in [4.69, 9.17) is 9.15 Å². The van der Waals surface area contributed by atoms with E-state index in [1.54, 1.807) is 49.4 Å². The van der Waals surface area contributed by atoms with Crippen molar-refractivity contribution in [3.8, 4) is 5.75 Å². The van der Waals surface area contributed by atoms with Gasteiger partial charge in [0.15, 0.2) is 11.5 Å². The topological polar surface area (TPSA) is 111 Å². The number of anilines is 2. The fourth-order valence-electron chi connectivity index (χ4n) is 3.18. The number of carbonyl (C=O) groups is 1. The van der Waals surface area contributed by atoms with Crippen molar-refractivity contribution in [1.82, 2.24) is 4.98 Å². The summed E-state index contributed by atoms with van der Waals surface area (Å²) in [6, 6.07) is 16.2. The van der Waals surface area contributed by atoms with E-state index >= 15 is 0 Å². The first-order valence-corrected chi connectivity index (χ1v) is 11.2. The molecule has 2 N–H and O–H groups in total. The number of hydrogen-bond donors (Lipinski definition) is 2. The third-order valence-electron chi connectivity index (χ3n) is 4.77. The van der Waals surface area contributed by atoms with Crippen molar-refractivity contribution in [1.29, 1.82) is 0 Å². The Labute approximate surface area is 185 Å². The fourth-order valence-corrected chi connectivity index (χ4v) is 4.44. The molecule has 0 radical (unpaired) electrons. The molecule has 9 heteroatoms. The molecule has 8 nitrogen and oxygen atoms in total. The van der Waals surface area contributed by atoms with Crippen LogP contribution in [0.15, 0.2) is 70.0 Å². The lowest BCUT2D eigenvalue weighted by atomic mass is 10.2. The Kier molecular flexibility index (Phi) is 5.58. The summed E-state index contributed by atoms with van der Waals surface area (Å²) in [5.74, 6) is 0.175. The van der Waals surface area contributed by atoms with Gasteiger partial charge in [-0.3, -0.25) is 9.52 Å². The summed E-state index contributed by atoms with van der Waals surface area (Å²) >= 11 is 0. The molecule has 0 saturated carbocycles. The van der Waals surface area contributed by atoms with Gasteiger partial charge in [0, 0.05) is 23.9 Å². The Hall–Kier alpha value is -3.85. The van der Waals surface area contributed by atoms with Crippen molar-refractivity contribution >= 4 is 38.4 Å². The molecule has 3 aromatic carbocycles. The zero-order valence-electron chi connectivity index (χ0n) is 17.7. The van der Waals surface area contributed by atoms with Gasteiger partial charge in [0.05, 0.1) is 7.11 Å². The van der Waals surface area contributed by atoms with E-state index in [1.807, 2.05) is 6.92 Å². The number of aromatic nitrogens is 1. The molecule has 1 amide bonds. The van der Waals surface area contributed by atoms with Crippen LogP contribution in [-0.2, 0) is 10.0 Å². The van der Waals surface area contributed by atoms with Gasteiger partial charge in [-0.2, -0.15) is 0 Å². The largest absolute Gasteiger partial charge is 0.495 e. The first kappa shape index (κ1) is 21.4. The zero-order chi connectivity index (χ0) is 22.9. The van der Waals surface area contributed by atoms with Crippen LogP contribution in [0.25, 0.3) is 11.1 Å². The van der Waals surface area contributed by atoms with Crippen molar-refractivity contribution in [2.24, 2.45) is 0 Å². The number of fused-ring (bicyclic) bond motifs is 1. The second-order valence-electron chi connectivity index (χ2n) is 7.21. The van der Waals surface area contributed by atoms with E-state index in [0.29, 0.717) is 28.4 Å². The van der Waals surface area contributed by atoms with Crippen LogP contribution in [0.2, 0.25) is 0 Å². The summed E-state index contributed by atoms with van der Waals surface area (Å²) in [5, 5.41) is 2.76. The minimum Gasteiger partial charge on any atom is -0.495 e. The van der Waals surface area contributed by atoms with Crippen LogP contribution in [-0.4, -0.2) is 26.4 Å². The Morgan fingerprint density at radius 1 is 0.969 bits per heavy atom. The third kappa shape index (κ3) is 4.42. The van der Waals surface area contributed by atoms with Crippen LogP contribution < -0.4 is 14.8 Å². The van der Waals surface area contributed by atoms with E-state index < -0.39 is 15.9 Å². The van der Waals surface area contributed by atoms with Gasteiger partial charge < -0.3 is 14.5 Å². The zero-order valence-corrected chi connectivity index (χ0v) is 18.5. The molecule has 0 bridgehead atoms. The molecular formula is C23H21N3O5S. The third-order valence-corrected chi connectivity index (χ3v) is 6.17. The number of rotatable bonds is 6. The maximum absolute atomic E-state index is 13.0. The monoisotopic (exact) mass is 451 g/mol. The van der Waals surface area contributed by atoms with E-state index in [0.717, 1.165) is 5.56 Å². The second-order valence-corrected chi connectivity index (χ2v) is 8.86. The van der Waals surface area contributed by atoms with Crippen molar-refractivity contribution < 1.29 is 22.4 Å². The minimum atomic E-state index is -4.00. The number of ether oxygens (including phenoxy) is 1. The van der Waals surface area contributed by atoms with Crippen LogP contribution in [0.1, 0.15) is 21.8 Å². The molecule has 0 aliphatic carbocycles. The number of aryl methyl sites for hydroxylation is 2. The molecule has 32 heavy (non-hydrogen) atoms. The molecule has 164 valence electrons. The van der Waals surface area contributed by atoms with Crippen LogP contribution in [0.4, 0.5) is 11.4 Å². The van der Waals surface area contributed by atoms with Crippen molar-refractivity contribution in [3.05, 3.63) is 77.7 Å². The Balaban J connectivity index is 1.62. The predicted molar refractivity (Wildman–Crippen MR) is 122 cm³/mol. The normalized spacial score (nSPS) is 11.3. The maximum atomic E-state index is 13.0. The van der Waals surface area contributed by atoms with E-state index in [-0.39, 0.29) is 16.2 Å². The van der Waals surface area contributed by atoms with Crippen molar-refractivity contribution in [2.45, 2.75) is 18.7 Å². The molecule has 1 aromatic heterocycles. The highest BCUT2D eigenvalue weighted by atomic mass is 32.2. The number of methoxy groups -OCH3 is 1. The number of carbonyl (C=O) groups excluding carboxylic acids is 1. The second kappa shape index (κ2) is 8.35. The molecule has 4 aromatic rings. The highest BCUT2D eigenvalue weighted by molar-refractivity contribution is 7.92. The SMILES string of the molecule is COc1ccc(C(=O)Nc2ccc3oc(C)nc3c2)cc1S(=O)(=O)Nc1ccc(C)cc1. The number of hydrogen-bond acceptors (Lipinski definition) is 6. The van der Waals surface area contributed by atoms with Gasteiger partial charge in [0.2, 0.25) is 0 Å². The summed E-state index contributed by atoms with van der Waals surface area (Å²) in [5.41, 5.74) is 3.30. The summed E-state index contributed by atoms with van der Waals surface area (Å²) in [7, 11) is -2.63. The Bertz CT molecular complexity index is 1410. The number of nitrogens with one attached hydrogen (secondary N) is 2. The average Bonchev–Trinajstić information content (AvgIpc) is 3.14. The fraction of sp³-hybridized carbons (Fsp3) is 0.130. The molecular weight excluding hydrogens is 430 g/mol. The molecule has 0 fully saturated rings. The molecule has 0 aliphatic rings. The molecule has 0 atom stereocenters. The van der Waals surface area contributed by atoms with Gasteiger partial charge in [-0.05, 0) is 55.5 Å². The summed E-state index contributed by atoms with van der Waals surface area (Å²) < 4.78 is 39.2. The number of benzene rings is 3. The highest BCUT2D eigenvalue weighted by Crippen LogP contribution is 2.28. The quantitative estimate of drug-likeness (QED) is 0.446. The first-order chi connectivity index (χ1) is 15.2. The Morgan fingerprint density at radius 3 is 2.41 bits per heavy atom. The standard InChI is InChI=1S/C23H21N3O5S/c1-14-4-7-17(8-5-14)26-32(28,29)22-12-16(6-10-21(22)30-3)23(27)25-18-9-11-20-19(13-18)24-15(2)31-20/h4-13,26H,1-3H3,(H,25,27). The van der Waals surface area contributed by atoms with E-state index in [9.17, 15) is 13.2 Å². The van der Waals surface area contributed by atoms with Gasteiger partial charge in [0.1, 0.15) is 16.2 Å². The lowest BCUT2D eigenvalue weighted by Crippen LogP contribution is -2.17. The van der Waals surface area contributed by atoms with E-state index in [2.05, 4.69) is 15.0 Å². The van der Waals surface area contributed by atoms with Crippen LogP contribution in [0.3, 0.4) is 0 Å². The summed E-state index contributed by atoms with van der Waals surface area (Å²) in [4.78, 5) is 16.9. The molecule has 1 heterocycles. The molecule has 0 aliphatic heterocycles. The average molecular weight is 452 g/mol. The van der Waals surface area contributed by atoms with Crippen LogP contribution in [0, 0.1) is 13.8 Å². The number of nitrogens with zero attached hydrogens (tertiary/aromatic N) is 1. The van der Waals surface area contributed by atoms with Crippen LogP contribution >= 0.6 is 0 Å². The Morgan fingerprint density at radius 2 is 1.69 bits per heavy atom. The maximum Gasteiger partial charge on any atom is 0.265 e. The smallest absolute Gasteiger partial charge is 0.265 e. The lowest BCUT2D eigenvalue weighted by molar-refractivity contribution is 0.102. The van der Waals surface area contributed by atoms with Gasteiger partial charge in [-0.15, -0.1) is 0 Å². The number of sulfonamides is 1. The minimum absolute atomic E-state index is 0.126. The van der Waals surface area contributed by atoms with Gasteiger partial charge >= 0.3 is 0 Å². The molecule has 4 rings (SSSR count). The van der Waals surface area contributed by atoms with Gasteiger partial charge in [-0.1, -0.05) is 17.7 Å². The summed E-state index contributed by atoms with van der Waals surface area (Å²) in [6.45, 7) is 3.65. The predicted octanol–water partition coefficient (Wildman–Crippen LogP) is 4.51. The number of oxazole rings is 1.